The molecule has 4 rings (SSSR count). The summed E-state index contributed by atoms with van der Waals surface area (Å²) in [5, 5.41) is 15.4. The monoisotopic (exact) mass is 372 g/mol. The van der Waals surface area contributed by atoms with Gasteiger partial charge in [0.2, 0.25) is 5.89 Å². The smallest absolute Gasteiger partial charge is 0.276 e. The number of rotatable bonds is 6. The first-order valence-electron chi connectivity index (χ1n) is 8.59. The fourth-order valence-electron chi connectivity index (χ4n) is 3.00. The minimum absolute atomic E-state index is 0.455. The number of benzene rings is 1. The highest BCUT2D eigenvalue weighted by molar-refractivity contribution is 7.98. The van der Waals surface area contributed by atoms with Gasteiger partial charge in [0, 0.05) is 22.7 Å². The molecule has 3 aromatic rings. The third-order valence-corrected chi connectivity index (χ3v) is 5.96. The Morgan fingerprint density at radius 1 is 1.12 bits per heavy atom. The lowest BCUT2D eigenvalue weighted by atomic mass is 9.89. The summed E-state index contributed by atoms with van der Waals surface area (Å²) in [6, 6.07) is 10.1. The van der Waals surface area contributed by atoms with Crippen molar-refractivity contribution < 1.29 is 4.42 Å². The van der Waals surface area contributed by atoms with Gasteiger partial charge >= 0.3 is 0 Å². The number of hydrogen-bond acceptors (Lipinski definition) is 7. The Morgan fingerprint density at radius 2 is 1.96 bits per heavy atom. The van der Waals surface area contributed by atoms with Crippen molar-refractivity contribution in [2.45, 2.75) is 49.0 Å². The lowest BCUT2D eigenvalue weighted by Gasteiger charge is -2.17. The molecule has 0 spiro atoms. The SMILES string of the molecule is c1ccc(Nc2nc(CSc3nnc(C4CCCCC4)o3)cs2)cc1. The number of nitrogens with one attached hydrogen (secondary N) is 1. The van der Waals surface area contributed by atoms with Crippen LogP contribution in [0.2, 0.25) is 0 Å². The van der Waals surface area contributed by atoms with Gasteiger partial charge < -0.3 is 9.73 Å². The van der Waals surface area contributed by atoms with Gasteiger partial charge in [-0.2, -0.15) is 0 Å². The Kier molecular flexibility index (Phi) is 5.32. The molecule has 0 amide bonds. The van der Waals surface area contributed by atoms with E-state index in [1.807, 2.05) is 30.3 Å². The molecule has 0 radical (unpaired) electrons. The number of thioether (sulfide) groups is 1. The number of nitrogens with zero attached hydrogens (tertiary/aromatic N) is 3. The zero-order valence-corrected chi connectivity index (χ0v) is 15.5. The topological polar surface area (TPSA) is 63.8 Å². The van der Waals surface area contributed by atoms with Gasteiger partial charge in [0.15, 0.2) is 5.13 Å². The Hall–Kier alpha value is -1.86. The molecule has 0 saturated heterocycles. The highest BCUT2D eigenvalue weighted by Gasteiger charge is 2.21. The van der Waals surface area contributed by atoms with Crippen LogP contribution in [-0.4, -0.2) is 15.2 Å². The summed E-state index contributed by atoms with van der Waals surface area (Å²) in [4.78, 5) is 4.61. The van der Waals surface area contributed by atoms with Crippen molar-refractivity contribution >= 4 is 33.9 Å². The molecule has 1 aliphatic rings. The van der Waals surface area contributed by atoms with Gasteiger partial charge in [0.05, 0.1) is 5.69 Å². The van der Waals surface area contributed by atoms with Crippen LogP contribution in [0.5, 0.6) is 0 Å². The fraction of sp³-hybridized carbons (Fsp3) is 0.389. The van der Waals surface area contributed by atoms with Gasteiger partial charge in [-0.25, -0.2) is 4.98 Å². The zero-order valence-electron chi connectivity index (χ0n) is 13.9. The van der Waals surface area contributed by atoms with Crippen LogP contribution in [0.4, 0.5) is 10.8 Å². The lowest BCUT2D eigenvalue weighted by molar-refractivity contribution is 0.334. The molecule has 2 aromatic heterocycles. The Bertz CT molecular complexity index is 796. The second-order valence-corrected chi connectivity index (χ2v) is 7.95. The molecule has 2 heterocycles. The summed E-state index contributed by atoms with van der Waals surface area (Å²) in [5.41, 5.74) is 2.07. The van der Waals surface area contributed by atoms with Crippen molar-refractivity contribution in [2.24, 2.45) is 0 Å². The van der Waals surface area contributed by atoms with Crippen LogP contribution in [0.3, 0.4) is 0 Å². The summed E-state index contributed by atoms with van der Waals surface area (Å²) in [6.45, 7) is 0. The first-order chi connectivity index (χ1) is 12.4. The van der Waals surface area contributed by atoms with E-state index in [9.17, 15) is 0 Å². The van der Waals surface area contributed by atoms with Gasteiger partial charge in [-0.1, -0.05) is 49.2 Å². The summed E-state index contributed by atoms with van der Waals surface area (Å²) in [7, 11) is 0. The largest absolute Gasteiger partial charge is 0.416 e. The van der Waals surface area contributed by atoms with E-state index in [-0.39, 0.29) is 0 Å². The molecule has 0 atom stereocenters. The van der Waals surface area contributed by atoms with Gasteiger partial charge in [-0.15, -0.1) is 21.5 Å². The molecule has 1 aliphatic carbocycles. The molecule has 1 fully saturated rings. The van der Waals surface area contributed by atoms with Gasteiger partial charge in [0.25, 0.3) is 5.22 Å². The van der Waals surface area contributed by atoms with Crippen LogP contribution in [0.1, 0.15) is 49.6 Å². The van der Waals surface area contributed by atoms with Crippen LogP contribution in [0, 0.1) is 0 Å². The van der Waals surface area contributed by atoms with Gasteiger partial charge in [0.1, 0.15) is 0 Å². The summed E-state index contributed by atoms with van der Waals surface area (Å²) in [5.74, 6) is 2.00. The molecule has 1 N–H and O–H groups in total. The quantitative estimate of drug-likeness (QED) is 0.567. The van der Waals surface area contributed by atoms with E-state index in [0.717, 1.165) is 28.2 Å². The van der Waals surface area contributed by atoms with E-state index in [1.54, 1.807) is 23.1 Å². The van der Waals surface area contributed by atoms with Crippen molar-refractivity contribution in [1.29, 1.82) is 0 Å². The molecule has 1 aromatic carbocycles. The number of para-hydroxylation sites is 1. The molecule has 0 unspecified atom stereocenters. The first kappa shape index (κ1) is 16.6. The summed E-state index contributed by atoms with van der Waals surface area (Å²) in [6.07, 6.45) is 6.21. The Balaban J connectivity index is 1.32. The maximum atomic E-state index is 5.85. The van der Waals surface area contributed by atoms with E-state index in [0.29, 0.717) is 11.1 Å². The third kappa shape index (κ3) is 4.41. The van der Waals surface area contributed by atoms with E-state index < -0.39 is 0 Å². The van der Waals surface area contributed by atoms with Crippen molar-refractivity contribution in [3.63, 3.8) is 0 Å². The predicted octanol–water partition coefficient (Wildman–Crippen LogP) is 5.61. The maximum Gasteiger partial charge on any atom is 0.276 e. The molecule has 1 saturated carbocycles. The van der Waals surface area contributed by atoms with Crippen LogP contribution in [-0.2, 0) is 5.75 Å². The maximum absolute atomic E-state index is 5.85. The lowest BCUT2D eigenvalue weighted by Crippen LogP contribution is -2.04. The molecule has 25 heavy (non-hydrogen) atoms. The van der Waals surface area contributed by atoms with Crippen LogP contribution < -0.4 is 5.32 Å². The zero-order chi connectivity index (χ0) is 16.9. The normalized spacial score (nSPS) is 15.4. The van der Waals surface area contributed by atoms with E-state index in [2.05, 4.69) is 25.9 Å². The Morgan fingerprint density at radius 3 is 2.80 bits per heavy atom. The molecule has 7 heteroatoms. The van der Waals surface area contributed by atoms with Crippen molar-refractivity contribution in [2.75, 3.05) is 5.32 Å². The predicted molar refractivity (Wildman–Crippen MR) is 102 cm³/mol. The van der Waals surface area contributed by atoms with E-state index in [1.165, 1.54) is 32.1 Å². The number of aromatic nitrogens is 3. The summed E-state index contributed by atoms with van der Waals surface area (Å²) < 4.78 is 5.85. The average molecular weight is 373 g/mol. The number of anilines is 2. The van der Waals surface area contributed by atoms with Crippen molar-refractivity contribution in [3.05, 3.63) is 47.3 Å². The standard InChI is InChI=1S/C18H20N4OS2/c1-3-7-13(8-4-1)16-21-22-18(23-16)25-12-15-11-24-17(20-15)19-14-9-5-2-6-10-14/h2,5-6,9-11,13H,1,3-4,7-8,12H2,(H,19,20). The Labute approximate surface area is 155 Å². The van der Waals surface area contributed by atoms with Gasteiger partial charge in [-0.3, -0.25) is 0 Å². The highest BCUT2D eigenvalue weighted by atomic mass is 32.2. The molecule has 0 bridgehead atoms. The first-order valence-corrected chi connectivity index (χ1v) is 10.5. The van der Waals surface area contributed by atoms with Crippen LogP contribution >= 0.6 is 23.1 Å². The number of thiazole rings is 1. The van der Waals surface area contributed by atoms with E-state index in [4.69, 9.17) is 4.42 Å². The van der Waals surface area contributed by atoms with Gasteiger partial charge in [-0.05, 0) is 25.0 Å². The van der Waals surface area contributed by atoms with Crippen LogP contribution in [0.15, 0.2) is 45.4 Å². The second-order valence-electron chi connectivity index (χ2n) is 6.16. The average Bonchev–Trinajstić information content (AvgIpc) is 3.31. The minimum Gasteiger partial charge on any atom is -0.416 e. The molecule has 0 aliphatic heterocycles. The third-order valence-electron chi connectivity index (χ3n) is 4.30. The minimum atomic E-state index is 0.455. The fourth-order valence-corrected chi connectivity index (χ4v) is 4.50. The van der Waals surface area contributed by atoms with E-state index >= 15 is 0 Å². The van der Waals surface area contributed by atoms with Crippen LogP contribution in [0.25, 0.3) is 0 Å². The molecule has 130 valence electrons. The summed E-state index contributed by atoms with van der Waals surface area (Å²) >= 11 is 3.16. The highest BCUT2D eigenvalue weighted by Crippen LogP contribution is 2.33. The molecular weight excluding hydrogens is 352 g/mol. The van der Waals surface area contributed by atoms with Crippen molar-refractivity contribution in [1.82, 2.24) is 15.2 Å². The molecule has 5 nitrogen and oxygen atoms in total. The van der Waals surface area contributed by atoms with Crippen molar-refractivity contribution in [3.8, 4) is 0 Å². The second kappa shape index (κ2) is 8.01. The number of hydrogen-bond donors (Lipinski definition) is 1. The molecular formula is C18H20N4OS2.